The summed E-state index contributed by atoms with van der Waals surface area (Å²) in [6.07, 6.45) is 0. The van der Waals surface area contributed by atoms with E-state index in [1.54, 1.807) is 8.86 Å². The van der Waals surface area contributed by atoms with Crippen molar-refractivity contribution < 1.29 is 0 Å². The largest absolute Gasteiger partial charge is 0.243 e. The lowest BCUT2D eigenvalue weighted by Gasteiger charge is -2.21. The minimum absolute atomic E-state index is 0.120. The molecule has 0 bridgehead atoms. The normalized spacial score (nSPS) is 10.8. The molecule has 9 heteroatoms. The highest BCUT2D eigenvalue weighted by molar-refractivity contribution is 9.25. The van der Waals surface area contributed by atoms with Gasteiger partial charge in [0.15, 0.2) is 0 Å². The topological polar surface area (TPSA) is 9.72 Å². The quantitative estimate of drug-likeness (QED) is 0.183. The Morgan fingerprint density at radius 3 is 0.786 bits per heavy atom. The first kappa shape index (κ1) is 22.6. The predicted molar refractivity (Wildman–Crippen MR) is 141 cm³/mol. The first-order chi connectivity index (χ1) is 13.4. The molecule has 0 heterocycles. The van der Waals surface area contributed by atoms with E-state index in [0.717, 1.165) is 17.1 Å². The number of hydrogen-bond acceptors (Lipinski definition) is 3. The van der Waals surface area contributed by atoms with Crippen molar-refractivity contribution in [1.29, 1.82) is 0 Å². The van der Waals surface area contributed by atoms with E-state index >= 15 is 0 Å². The van der Waals surface area contributed by atoms with Gasteiger partial charge < -0.3 is 0 Å². The minimum atomic E-state index is 0.120. The van der Waals surface area contributed by atoms with Crippen molar-refractivity contribution in [2.24, 2.45) is 0 Å². The number of nitrogens with zero attached hydrogens (tertiary/aromatic N) is 3. The summed E-state index contributed by atoms with van der Waals surface area (Å²) in [5.41, 5.74) is 6.73. The van der Waals surface area contributed by atoms with E-state index in [1.807, 2.05) is 0 Å². The fourth-order valence-electron chi connectivity index (χ4n) is 2.92. The van der Waals surface area contributed by atoms with Gasteiger partial charge in [-0.05, 0) is 53.1 Å². The van der Waals surface area contributed by atoms with Gasteiger partial charge in [-0.3, -0.25) is 0 Å². The summed E-state index contributed by atoms with van der Waals surface area (Å²) in [6, 6.07) is 25.4. The number of benzene rings is 3. The SMILES string of the molecule is BrN(Br)c1ccc(C(c2ccc(N(Br)Br)cc2)c2ccc(N(Br)Br)cc2)cc1. The number of anilines is 3. The fraction of sp³-hybridized carbons (Fsp3) is 0.0526. The van der Waals surface area contributed by atoms with Crippen LogP contribution in [-0.4, -0.2) is 0 Å². The van der Waals surface area contributed by atoms with Gasteiger partial charge in [0.2, 0.25) is 0 Å². The summed E-state index contributed by atoms with van der Waals surface area (Å²) in [7, 11) is 0. The Bertz CT molecular complexity index is 774. The Morgan fingerprint density at radius 1 is 0.393 bits per heavy atom. The van der Waals surface area contributed by atoms with Crippen LogP contribution in [-0.2, 0) is 0 Å². The molecule has 0 atom stereocenters. The summed E-state index contributed by atoms with van der Waals surface area (Å²) in [4.78, 5) is 0. The molecule has 0 spiro atoms. The zero-order valence-electron chi connectivity index (χ0n) is 14.1. The Kier molecular flexibility index (Phi) is 8.33. The summed E-state index contributed by atoms with van der Waals surface area (Å²) >= 11 is 20.4. The van der Waals surface area contributed by atoms with Crippen LogP contribution in [0.25, 0.3) is 0 Å². The molecule has 146 valence electrons. The van der Waals surface area contributed by atoms with E-state index in [-0.39, 0.29) is 5.92 Å². The van der Waals surface area contributed by atoms with Crippen LogP contribution in [0.15, 0.2) is 72.8 Å². The fourth-order valence-corrected chi connectivity index (χ4v) is 4.33. The maximum absolute atomic E-state index is 3.40. The monoisotopic (exact) mass is 757 g/mol. The second-order valence-electron chi connectivity index (χ2n) is 5.91. The number of rotatable bonds is 6. The molecule has 0 saturated carbocycles. The van der Waals surface area contributed by atoms with Crippen LogP contribution in [0.5, 0.6) is 0 Å². The zero-order valence-corrected chi connectivity index (χ0v) is 23.6. The molecule has 0 aliphatic heterocycles. The average Bonchev–Trinajstić information content (AvgIpc) is 2.69. The maximum atomic E-state index is 3.40. The Hall–Kier alpha value is -0.0600. The van der Waals surface area contributed by atoms with Crippen LogP contribution in [0.4, 0.5) is 17.1 Å². The van der Waals surface area contributed by atoms with E-state index in [2.05, 4.69) is 170 Å². The molecule has 28 heavy (non-hydrogen) atoms. The molecule has 0 aromatic heterocycles. The van der Waals surface area contributed by atoms with E-state index in [1.165, 1.54) is 16.7 Å². The van der Waals surface area contributed by atoms with Crippen molar-refractivity contribution in [1.82, 2.24) is 0 Å². The molecule has 0 saturated heterocycles. The molecule has 0 unspecified atom stereocenters. The van der Waals surface area contributed by atoms with Crippen LogP contribution >= 0.6 is 96.9 Å². The summed E-state index contributed by atoms with van der Waals surface area (Å²) in [5, 5.41) is 0. The van der Waals surface area contributed by atoms with Gasteiger partial charge in [0, 0.05) is 5.92 Å². The minimum Gasteiger partial charge on any atom is -0.243 e. The van der Waals surface area contributed by atoms with Crippen LogP contribution in [0, 0.1) is 0 Å². The third kappa shape index (κ3) is 5.55. The van der Waals surface area contributed by atoms with Gasteiger partial charge in [0.25, 0.3) is 0 Å². The second kappa shape index (κ2) is 10.3. The van der Waals surface area contributed by atoms with Crippen molar-refractivity contribution in [3.8, 4) is 0 Å². The Morgan fingerprint density at radius 2 is 0.607 bits per heavy atom. The van der Waals surface area contributed by atoms with Gasteiger partial charge in [-0.25, -0.2) is 8.86 Å². The maximum Gasteiger partial charge on any atom is 0.0617 e. The van der Waals surface area contributed by atoms with Gasteiger partial charge in [0.1, 0.15) is 0 Å². The zero-order chi connectivity index (χ0) is 20.3. The van der Waals surface area contributed by atoms with Crippen molar-refractivity contribution in [2.75, 3.05) is 8.86 Å². The lowest BCUT2D eigenvalue weighted by Crippen LogP contribution is -2.04. The lowest BCUT2D eigenvalue weighted by molar-refractivity contribution is 0.978. The molecular weight excluding hydrogens is 750 g/mol. The molecule has 3 nitrogen and oxygen atoms in total. The number of halogens is 6. The van der Waals surface area contributed by atoms with E-state index < -0.39 is 0 Å². The van der Waals surface area contributed by atoms with Gasteiger partial charge in [-0.15, -0.1) is 0 Å². The van der Waals surface area contributed by atoms with E-state index in [4.69, 9.17) is 0 Å². The van der Waals surface area contributed by atoms with Crippen LogP contribution in [0.3, 0.4) is 0 Å². The Balaban J connectivity index is 2.04. The van der Waals surface area contributed by atoms with Crippen LogP contribution in [0.1, 0.15) is 22.6 Å². The third-order valence-corrected chi connectivity index (χ3v) is 6.72. The van der Waals surface area contributed by atoms with Crippen molar-refractivity contribution in [2.45, 2.75) is 5.92 Å². The first-order valence-electron chi connectivity index (χ1n) is 8.02. The van der Waals surface area contributed by atoms with Crippen LogP contribution in [0.2, 0.25) is 0 Å². The van der Waals surface area contributed by atoms with Gasteiger partial charge in [0.05, 0.1) is 114 Å². The van der Waals surface area contributed by atoms with Crippen LogP contribution < -0.4 is 8.86 Å². The summed E-state index contributed by atoms with van der Waals surface area (Å²) in [5.74, 6) is 0.120. The molecule has 0 amide bonds. The molecule has 3 aromatic rings. The molecule has 0 fully saturated rings. The van der Waals surface area contributed by atoms with E-state index in [9.17, 15) is 0 Å². The highest BCUT2D eigenvalue weighted by atomic mass is 79.9. The molecular formula is C19H13Br6N3. The third-order valence-electron chi connectivity index (χ3n) is 4.26. The molecule has 3 aromatic carbocycles. The van der Waals surface area contributed by atoms with Crippen molar-refractivity contribution in [3.63, 3.8) is 0 Å². The highest BCUT2D eigenvalue weighted by Gasteiger charge is 2.18. The summed E-state index contributed by atoms with van der Waals surface area (Å²) < 4.78 is 5.22. The van der Waals surface area contributed by atoms with Crippen molar-refractivity contribution >= 4 is 114 Å². The second-order valence-corrected chi connectivity index (χ2v) is 13.0. The Labute approximate surface area is 216 Å². The van der Waals surface area contributed by atoms with Crippen molar-refractivity contribution in [3.05, 3.63) is 89.5 Å². The molecule has 0 aliphatic rings. The first-order valence-corrected chi connectivity index (χ1v) is 12.3. The predicted octanol–water partition coefficient (Wildman–Crippen LogP) is 9.15. The standard InChI is InChI=1S/C19H13Br6N3/c20-26(21)16-7-1-13(2-8-16)19(14-3-9-17(10-4-14)27(22)23)15-5-11-18(12-6-15)28(24)25/h1-12,19H. The average molecular weight is 763 g/mol. The van der Waals surface area contributed by atoms with Gasteiger partial charge >= 0.3 is 0 Å². The lowest BCUT2D eigenvalue weighted by atomic mass is 9.85. The van der Waals surface area contributed by atoms with Gasteiger partial charge in [-0.1, -0.05) is 36.4 Å². The van der Waals surface area contributed by atoms with E-state index in [0.29, 0.717) is 0 Å². The van der Waals surface area contributed by atoms with Gasteiger partial charge in [-0.2, -0.15) is 0 Å². The molecule has 3 rings (SSSR count). The number of hydrogen-bond donors (Lipinski definition) is 0. The summed E-state index contributed by atoms with van der Waals surface area (Å²) in [6.45, 7) is 0. The smallest absolute Gasteiger partial charge is 0.0617 e. The highest BCUT2D eigenvalue weighted by Crippen LogP contribution is 2.36. The molecule has 0 radical (unpaired) electrons. The molecule has 0 aliphatic carbocycles. The molecule has 0 N–H and O–H groups in total.